The zero-order valence-corrected chi connectivity index (χ0v) is 12.3. The number of hydrogen-bond acceptors (Lipinski definition) is 3. The minimum atomic E-state index is -0.448. The molecule has 0 spiro atoms. The van der Waals surface area contributed by atoms with Gasteiger partial charge >= 0.3 is 5.97 Å². The second-order valence-corrected chi connectivity index (χ2v) is 4.69. The van der Waals surface area contributed by atoms with Crippen LogP contribution in [0.3, 0.4) is 0 Å². The number of esters is 1. The molecule has 0 saturated carbocycles. The first-order valence-electron chi connectivity index (χ1n) is 6.76. The molecule has 2 rings (SSSR count). The zero-order valence-electron chi connectivity index (χ0n) is 12.3. The molecule has 0 unspecified atom stereocenters. The minimum Gasteiger partial charge on any atom is -0.462 e. The number of aryl methyl sites for hydroxylation is 2. The number of nitrogens with one attached hydrogen (secondary N) is 2. The minimum absolute atomic E-state index is 0.252. The maximum atomic E-state index is 12.3. The van der Waals surface area contributed by atoms with Crippen LogP contribution in [0.15, 0.2) is 30.5 Å². The summed E-state index contributed by atoms with van der Waals surface area (Å²) in [7, 11) is 0. The van der Waals surface area contributed by atoms with Crippen LogP contribution in [0.5, 0.6) is 0 Å². The number of rotatable bonds is 4. The van der Waals surface area contributed by atoms with Crippen molar-refractivity contribution in [3.8, 4) is 0 Å². The number of aromatic nitrogens is 1. The first-order valence-corrected chi connectivity index (χ1v) is 6.76. The molecule has 21 heavy (non-hydrogen) atoms. The van der Waals surface area contributed by atoms with E-state index in [1.807, 2.05) is 19.1 Å². The van der Waals surface area contributed by atoms with Crippen LogP contribution in [0.4, 0.5) is 5.69 Å². The van der Waals surface area contributed by atoms with Crippen molar-refractivity contribution in [3.05, 3.63) is 52.8 Å². The number of carbonyl (C=O) groups excluding carboxylic acids is 2. The fourth-order valence-electron chi connectivity index (χ4n) is 2.11. The smallest absolute Gasteiger partial charge is 0.342 e. The van der Waals surface area contributed by atoms with Crippen molar-refractivity contribution in [1.82, 2.24) is 4.98 Å². The molecule has 0 aliphatic heterocycles. The number of hydrogen-bond donors (Lipinski definition) is 2. The van der Waals surface area contributed by atoms with Gasteiger partial charge in [0.1, 0.15) is 5.56 Å². The summed E-state index contributed by atoms with van der Waals surface area (Å²) in [5.41, 5.74) is 2.90. The van der Waals surface area contributed by atoms with Crippen molar-refractivity contribution in [2.24, 2.45) is 0 Å². The van der Waals surface area contributed by atoms with Crippen molar-refractivity contribution in [2.75, 3.05) is 11.9 Å². The predicted octanol–water partition coefficient (Wildman–Crippen LogP) is 3.06. The van der Waals surface area contributed by atoms with E-state index in [1.165, 1.54) is 0 Å². The van der Waals surface area contributed by atoms with Gasteiger partial charge in [0, 0.05) is 17.5 Å². The monoisotopic (exact) mass is 286 g/mol. The molecule has 5 heteroatoms. The van der Waals surface area contributed by atoms with Crippen LogP contribution >= 0.6 is 0 Å². The van der Waals surface area contributed by atoms with E-state index in [9.17, 15) is 9.59 Å². The quantitative estimate of drug-likeness (QED) is 0.848. The summed E-state index contributed by atoms with van der Waals surface area (Å²) >= 11 is 0. The first kappa shape index (κ1) is 14.8. The van der Waals surface area contributed by atoms with Crippen molar-refractivity contribution in [3.63, 3.8) is 0 Å². The third kappa shape index (κ3) is 3.13. The number of H-pyrrole nitrogens is 1. The van der Waals surface area contributed by atoms with E-state index in [2.05, 4.69) is 10.3 Å². The van der Waals surface area contributed by atoms with Crippen LogP contribution in [0.1, 0.15) is 38.9 Å². The first-order chi connectivity index (χ1) is 10.0. The molecule has 0 fully saturated rings. The van der Waals surface area contributed by atoms with E-state index >= 15 is 0 Å². The van der Waals surface area contributed by atoms with Crippen LogP contribution in [-0.4, -0.2) is 23.5 Å². The molecule has 110 valence electrons. The Morgan fingerprint density at radius 1 is 1.24 bits per heavy atom. The largest absolute Gasteiger partial charge is 0.462 e. The van der Waals surface area contributed by atoms with Gasteiger partial charge in [-0.3, -0.25) is 4.79 Å². The topological polar surface area (TPSA) is 71.2 Å². The average Bonchev–Trinajstić information content (AvgIpc) is 2.80. The van der Waals surface area contributed by atoms with E-state index in [-0.39, 0.29) is 12.5 Å². The highest BCUT2D eigenvalue weighted by atomic mass is 16.5. The summed E-state index contributed by atoms with van der Waals surface area (Å²) in [4.78, 5) is 27.2. The highest BCUT2D eigenvalue weighted by Crippen LogP contribution is 2.21. The molecule has 0 bridgehead atoms. The molecular weight excluding hydrogens is 268 g/mol. The molecule has 5 nitrogen and oxygen atoms in total. The summed E-state index contributed by atoms with van der Waals surface area (Å²) in [5.74, 6) is -0.700. The van der Waals surface area contributed by atoms with Crippen LogP contribution in [0, 0.1) is 13.8 Å². The third-order valence-electron chi connectivity index (χ3n) is 3.19. The van der Waals surface area contributed by atoms with Gasteiger partial charge in [-0.05, 0) is 32.4 Å². The summed E-state index contributed by atoms with van der Waals surface area (Å²) in [6.45, 7) is 5.65. The Kier molecular flexibility index (Phi) is 4.42. The normalized spacial score (nSPS) is 10.2. The van der Waals surface area contributed by atoms with Crippen LogP contribution < -0.4 is 5.32 Å². The Morgan fingerprint density at radius 3 is 2.62 bits per heavy atom. The number of aromatic amines is 1. The lowest BCUT2D eigenvalue weighted by Gasteiger charge is -2.08. The van der Waals surface area contributed by atoms with Crippen molar-refractivity contribution >= 4 is 17.6 Å². The van der Waals surface area contributed by atoms with Crippen LogP contribution in [0.25, 0.3) is 0 Å². The van der Waals surface area contributed by atoms with Gasteiger partial charge in [0.15, 0.2) is 0 Å². The Hall–Kier alpha value is -2.56. The molecule has 1 heterocycles. The molecule has 0 saturated heterocycles. The summed E-state index contributed by atoms with van der Waals surface area (Å²) < 4.78 is 5.01. The number of amides is 1. The van der Waals surface area contributed by atoms with E-state index < -0.39 is 5.97 Å². The average molecular weight is 286 g/mol. The molecule has 1 amide bonds. The fraction of sp³-hybridized carbons (Fsp3) is 0.250. The van der Waals surface area contributed by atoms with Gasteiger partial charge in [-0.15, -0.1) is 0 Å². The maximum Gasteiger partial charge on any atom is 0.342 e. The number of benzene rings is 1. The van der Waals surface area contributed by atoms with E-state index in [0.29, 0.717) is 22.5 Å². The lowest BCUT2D eigenvalue weighted by molar-refractivity contribution is 0.0527. The van der Waals surface area contributed by atoms with E-state index in [1.54, 1.807) is 32.2 Å². The standard InChI is InChI=1S/C16H18N2O3/c1-4-21-16(20)14-11(3)17-9-13(14)18-15(19)12-8-6-5-7-10(12)2/h5-9,17H,4H2,1-3H3,(H,18,19). The lowest BCUT2D eigenvalue weighted by atomic mass is 10.1. The Balaban J connectivity index is 2.27. The highest BCUT2D eigenvalue weighted by Gasteiger charge is 2.20. The number of carbonyl (C=O) groups is 2. The van der Waals surface area contributed by atoms with Gasteiger partial charge in [0.05, 0.1) is 12.3 Å². The van der Waals surface area contributed by atoms with E-state index in [4.69, 9.17) is 4.74 Å². The van der Waals surface area contributed by atoms with Crippen LogP contribution in [0.2, 0.25) is 0 Å². The van der Waals surface area contributed by atoms with Gasteiger partial charge in [0.25, 0.3) is 5.91 Å². The van der Waals surface area contributed by atoms with Crippen LogP contribution in [-0.2, 0) is 4.74 Å². The molecule has 0 aliphatic rings. The summed E-state index contributed by atoms with van der Waals surface area (Å²) in [6, 6.07) is 7.28. The highest BCUT2D eigenvalue weighted by molar-refractivity contribution is 6.09. The van der Waals surface area contributed by atoms with Crippen molar-refractivity contribution < 1.29 is 14.3 Å². The molecule has 1 aromatic heterocycles. The molecule has 2 aromatic rings. The van der Waals surface area contributed by atoms with E-state index in [0.717, 1.165) is 5.56 Å². The molecule has 1 aromatic carbocycles. The lowest BCUT2D eigenvalue weighted by Crippen LogP contribution is -2.16. The SMILES string of the molecule is CCOC(=O)c1c(NC(=O)c2ccccc2C)c[nH]c1C. The van der Waals surface area contributed by atoms with Gasteiger partial charge in [0.2, 0.25) is 0 Å². The zero-order chi connectivity index (χ0) is 15.4. The number of ether oxygens (including phenoxy) is 1. The van der Waals surface area contributed by atoms with Gasteiger partial charge in [-0.25, -0.2) is 4.79 Å². The van der Waals surface area contributed by atoms with Crippen molar-refractivity contribution in [1.29, 1.82) is 0 Å². The Labute approximate surface area is 123 Å². The maximum absolute atomic E-state index is 12.3. The fourth-order valence-corrected chi connectivity index (χ4v) is 2.11. The van der Waals surface area contributed by atoms with Gasteiger partial charge < -0.3 is 15.0 Å². The molecule has 0 atom stereocenters. The molecule has 0 aliphatic carbocycles. The summed E-state index contributed by atoms with van der Waals surface area (Å²) in [5, 5.41) is 2.76. The third-order valence-corrected chi connectivity index (χ3v) is 3.19. The summed E-state index contributed by atoms with van der Waals surface area (Å²) in [6.07, 6.45) is 1.60. The van der Waals surface area contributed by atoms with Crippen molar-refractivity contribution in [2.45, 2.75) is 20.8 Å². The Bertz CT molecular complexity index is 674. The molecule has 2 N–H and O–H groups in total. The second-order valence-electron chi connectivity index (χ2n) is 4.69. The molecule has 0 radical (unpaired) electrons. The van der Waals surface area contributed by atoms with Gasteiger partial charge in [-0.1, -0.05) is 18.2 Å². The Morgan fingerprint density at radius 2 is 1.95 bits per heavy atom. The predicted molar refractivity (Wildman–Crippen MR) is 80.6 cm³/mol. The molecular formula is C16H18N2O3. The van der Waals surface area contributed by atoms with Gasteiger partial charge in [-0.2, -0.15) is 0 Å². The number of anilines is 1. The second kappa shape index (κ2) is 6.26.